The summed E-state index contributed by atoms with van der Waals surface area (Å²) in [6, 6.07) is 12.6. The molecule has 0 saturated carbocycles. The van der Waals surface area contributed by atoms with Gasteiger partial charge in [-0.05, 0) is 69.2 Å². The Balaban J connectivity index is 1.29. The second-order valence-electron chi connectivity index (χ2n) is 7.45. The third kappa shape index (κ3) is 4.42. The van der Waals surface area contributed by atoms with Crippen molar-refractivity contribution in [3.05, 3.63) is 68.6 Å². The van der Waals surface area contributed by atoms with Crippen LogP contribution in [-0.4, -0.2) is 34.9 Å². The van der Waals surface area contributed by atoms with Gasteiger partial charge >= 0.3 is 5.76 Å². The summed E-state index contributed by atoms with van der Waals surface area (Å²) in [5.74, 6) is -0.152. The van der Waals surface area contributed by atoms with Crippen molar-refractivity contribution in [3.63, 3.8) is 0 Å². The first-order valence-electron chi connectivity index (χ1n) is 9.83. The molecule has 1 aromatic heterocycles. The van der Waals surface area contributed by atoms with Crippen LogP contribution in [0, 0.1) is 5.92 Å². The number of oxazole rings is 1. The van der Waals surface area contributed by atoms with Crippen LogP contribution in [0.2, 0.25) is 10.0 Å². The highest BCUT2D eigenvalue weighted by atomic mass is 35.5. The van der Waals surface area contributed by atoms with Gasteiger partial charge < -0.3 is 9.32 Å². The number of hydrogen-bond donors (Lipinski definition) is 0. The van der Waals surface area contributed by atoms with Crippen LogP contribution in [0.15, 0.2) is 51.7 Å². The molecule has 0 bridgehead atoms. The maximum atomic E-state index is 12.7. The molecule has 0 spiro atoms. The lowest BCUT2D eigenvalue weighted by atomic mass is 9.89. The average molecular weight is 433 g/mol. The predicted octanol–water partition coefficient (Wildman–Crippen LogP) is 4.89. The number of aromatic nitrogens is 1. The van der Waals surface area contributed by atoms with Crippen LogP contribution < -0.4 is 5.76 Å². The van der Waals surface area contributed by atoms with Crippen molar-refractivity contribution in [2.75, 3.05) is 19.6 Å². The van der Waals surface area contributed by atoms with Crippen LogP contribution in [0.5, 0.6) is 0 Å². The van der Waals surface area contributed by atoms with Crippen molar-refractivity contribution >= 4 is 40.1 Å². The number of rotatable bonds is 6. The number of aryl methyl sites for hydroxylation is 1. The lowest BCUT2D eigenvalue weighted by Crippen LogP contribution is -2.37. The van der Waals surface area contributed by atoms with E-state index in [0.29, 0.717) is 27.7 Å². The molecule has 3 aromatic rings. The van der Waals surface area contributed by atoms with Gasteiger partial charge in [-0.1, -0.05) is 35.3 Å². The summed E-state index contributed by atoms with van der Waals surface area (Å²) in [6.45, 7) is 3.26. The van der Waals surface area contributed by atoms with E-state index in [1.807, 2.05) is 24.3 Å². The summed E-state index contributed by atoms with van der Waals surface area (Å²) in [4.78, 5) is 27.1. The number of nitrogens with zero attached hydrogens (tertiary/aromatic N) is 2. The monoisotopic (exact) mass is 432 g/mol. The Kier molecular flexibility index (Phi) is 6.09. The van der Waals surface area contributed by atoms with Crippen molar-refractivity contribution in [1.29, 1.82) is 0 Å². The number of fused-ring (bicyclic) bond motifs is 1. The zero-order valence-electron chi connectivity index (χ0n) is 15.9. The Hall–Kier alpha value is -2.08. The summed E-state index contributed by atoms with van der Waals surface area (Å²) in [5, 5.41) is 0.875. The maximum absolute atomic E-state index is 12.7. The molecule has 0 aliphatic carbocycles. The second kappa shape index (κ2) is 8.74. The van der Waals surface area contributed by atoms with Gasteiger partial charge in [0.05, 0.1) is 15.6 Å². The molecule has 0 unspecified atom stereocenters. The van der Waals surface area contributed by atoms with E-state index in [2.05, 4.69) is 4.90 Å². The molecular weight excluding hydrogens is 411 g/mol. The highest BCUT2D eigenvalue weighted by molar-refractivity contribution is 6.42. The van der Waals surface area contributed by atoms with Crippen molar-refractivity contribution < 1.29 is 9.21 Å². The average Bonchev–Trinajstić information content (AvgIpc) is 3.05. The van der Waals surface area contributed by atoms with Gasteiger partial charge in [-0.15, -0.1) is 0 Å². The maximum Gasteiger partial charge on any atom is 0.419 e. The Morgan fingerprint density at radius 1 is 1.03 bits per heavy atom. The van der Waals surface area contributed by atoms with Gasteiger partial charge in [0.2, 0.25) is 0 Å². The fourth-order valence-electron chi connectivity index (χ4n) is 3.98. The standard InChI is InChI=1S/C22H22Cl2N2O3/c23-17-7-6-16(14-18(17)24)21(27)15-8-12-25(13-9-15)10-3-11-26-19-4-1-2-5-20(19)29-22(26)28/h1-2,4-7,14-15H,3,8-13H2. The van der Waals surface area contributed by atoms with E-state index in [1.165, 1.54) is 0 Å². The number of halogens is 2. The van der Waals surface area contributed by atoms with Crippen LogP contribution in [0.1, 0.15) is 29.6 Å². The van der Waals surface area contributed by atoms with Crippen molar-refractivity contribution in [2.45, 2.75) is 25.8 Å². The lowest BCUT2D eigenvalue weighted by Gasteiger charge is -2.31. The van der Waals surface area contributed by atoms with Crippen LogP contribution in [-0.2, 0) is 6.54 Å². The van der Waals surface area contributed by atoms with Gasteiger partial charge in [-0.2, -0.15) is 0 Å². The minimum Gasteiger partial charge on any atom is -0.408 e. The van der Waals surface area contributed by atoms with E-state index in [0.717, 1.165) is 44.4 Å². The first kappa shape index (κ1) is 20.2. The number of para-hydroxylation sites is 2. The quantitative estimate of drug-likeness (QED) is 0.520. The molecule has 0 amide bonds. The fraction of sp³-hybridized carbons (Fsp3) is 0.364. The SMILES string of the molecule is O=C(c1ccc(Cl)c(Cl)c1)C1CCN(CCCn2c(=O)oc3ccccc32)CC1. The minimum absolute atomic E-state index is 0.0175. The number of carbonyl (C=O) groups is 1. The number of benzene rings is 2. The zero-order valence-corrected chi connectivity index (χ0v) is 17.5. The number of likely N-dealkylation sites (tertiary alicyclic amines) is 1. The molecule has 1 saturated heterocycles. The normalized spacial score (nSPS) is 15.8. The van der Waals surface area contributed by atoms with Gasteiger partial charge in [0.15, 0.2) is 11.4 Å². The third-order valence-corrected chi connectivity index (χ3v) is 6.33. The highest BCUT2D eigenvalue weighted by Crippen LogP contribution is 2.27. The molecule has 29 heavy (non-hydrogen) atoms. The van der Waals surface area contributed by atoms with E-state index in [1.54, 1.807) is 22.8 Å². The largest absolute Gasteiger partial charge is 0.419 e. The number of Topliss-reactive ketones (excluding diaryl/α,β-unsaturated/α-hetero) is 1. The smallest absolute Gasteiger partial charge is 0.408 e. The van der Waals surface area contributed by atoms with E-state index >= 15 is 0 Å². The van der Waals surface area contributed by atoms with Crippen LogP contribution >= 0.6 is 23.2 Å². The van der Waals surface area contributed by atoms with Crippen molar-refractivity contribution in [3.8, 4) is 0 Å². The molecule has 0 atom stereocenters. The minimum atomic E-state index is -0.308. The molecule has 1 aliphatic heterocycles. The van der Waals surface area contributed by atoms with Crippen LogP contribution in [0.3, 0.4) is 0 Å². The van der Waals surface area contributed by atoms with Gasteiger partial charge in [0.1, 0.15) is 0 Å². The molecule has 4 rings (SSSR count). The molecule has 2 heterocycles. The summed E-state index contributed by atoms with van der Waals surface area (Å²) >= 11 is 12.0. The van der Waals surface area contributed by atoms with Gasteiger partial charge in [0, 0.05) is 18.0 Å². The van der Waals surface area contributed by atoms with Crippen molar-refractivity contribution in [1.82, 2.24) is 9.47 Å². The number of piperidine rings is 1. The first-order valence-corrected chi connectivity index (χ1v) is 10.6. The van der Waals surface area contributed by atoms with Crippen molar-refractivity contribution in [2.24, 2.45) is 5.92 Å². The molecule has 1 aliphatic rings. The predicted molar refractivity (Wildman–Crippen MR) is 115 cm³/mol. The second-order valence-corrected chi connectivity index (χ2v) is 8.26. The van der Waals surface area contributed by atoms with E-state index in [9.17, 15) is 9.59 Å². The molecule has 152 valence electrons. The van der Waals surface area contributed by atoms with Crippen LogP contribution in [0.25, 0.3) is 11.1 Å². The Morgan fingerprint density at radius 2 is 1.79 bits per heavy atom. The zero-order chi connectivity index (χ0) is 20.4. The Bertz CT molecular complexity index is 1080. The topological polar surface area (TPSA) is 55.5 Å². The van der Waals surface area contributed by atoms with Gasteiger partial charge in [-0.25, -0.2) is 4.79 Å². The molecule has 7 heteroatoms. The molecular formula is C22H22Cl2N2O3. The molecule has 2 aromatic carbocycles. The summed E-state index contributed by atoms with van der Waals surface area (Å²) in [5.41, 5.74) is 2.09. The van der Waals surface area contributed by atoms with E-state index in [-0.39, 0.29) is 17.5 Å². The number of carbonyl (C=O) groups excluding carboxylic acids is 1. The molecule has 0 N–H and O–H groups in total. The highest BCUT2D eigenvalue weighted by Gasteiger charge is 2.26. The first-order chi connectivity index (χ1) is 14.0. The van der Waals surface area contributed by atoms with Gasteiger partial charge in [-0.3, -0.25) is 9.36 Å². The molecule has 1 fully saturated rings. The summed E-state index contributed by atoms with van der Waals surface area (Å²) < 4.78 is 6.97. The fourth-order valence-corrected chi connectivity index (χ4v) is 4.28. The van der Waals surface area contributed by atoms with Gasteiger partial charge in [0.25, 0.3) is 0 Å². The summed E-state index contributed by atoms with van der Waals surface area (Å²) in [6.07, 6.45) is 2.51. The number of ketones is 1. The Morgan fingerprint density at radius 3 is 2.55 bits per heavy atom. The Labute approximate surface area is 178 Å². The lowest BCUT2D eigenvalue weighted by molar-refractivity contribution is 0.0838. The van der Waals surface area contributed by atoms with E-state index in [4.69, 9.17) is 27.6 Å². The molecule has 5 nitrogen and oxygen atoms in total. The molecule has 0 radical (unpaired) electrons. The van der Waals surface area contributed by atoms with Crippen LogP contribution in [0.4, 0.5) is 0 Å². The third-order valence-electron chi connectivity index (χ3n) is 5.59. The summed E-state index contributed by atoms with van der Waals surface area (Å²) in [7, 11) is 0. The van der Waals surface area contributed by atoms with E-state index < -0.39 is 0 Å². The number of hydrogen-bond acceptors (Lipinski definition) is 4.